The van der Waals surface area contributed by atoms with E-state index in [0.717, 1.165) is 16.8 Å². The van der Waals surface area contributed by atoms with Crippen LogP contribution in [0.4, 0.5) is 5.69 Å². The summed E-state index contributed by atoms with van der Waals surface area (Å²) in [4.78, 5) is 12.4. The van der Waals surface area contributed by atoms with Gasteiger partial charge in [-0.05, 0) is 50.3 Å². The van der Waals surface area contributed by atoms with Crippen molar-refractivity contribution in [3.63, 3.8) is 0 Å². The quantitative estimate of drug-likeness (QED) is 0.897. The topological polar surface area (TPSA) is 66.5 Å². The van der Waals surface area contributed by atoms with E-state index in [4.69, 9.17) is 0 Å². The Bertz CT molecular complexity index is 662. The van der Waals surface area contributed by atoms with Crippen LogP contribution in [0.25, 0.3) is 0 Å². The maximum absolute atomic E-state index is 12.4. The Morgan fingerprint density at radius 3 is 2.52 bits per heavy atom. The molecule has 2 rings (SSSR count). The molecule has 1 saturated heterocycles. The third-order valence-electron chi connectivity index (χ3n) is 4.54. The Morgan fingerprint density at radius 2 is 1.91 bits per heavy atom. The summed E-state index contributed by atoms with van der Waals surface area (Å²) in [5.41, 5.74) is 3.06. The van der Waals surface area contributed by atoms with Gasteiger partial charge in [0.1, 0.15) is 0 Å². The molecule has 1 N–H and O–H groups in total. The van der Waals surface area contributed by atoms with Crippen LogP contribution in [0.15, 0.2) is 18.2 Å². The van der Waals surface area contributed by atoms with Crippen LogP contribution in [0.5, 0.6) is 0 Å². The molecule has 0 aliphatic carbocycles. The van der Waals surface area contributed by atoms with E-state index in [1.165, 1.54) is 4.31 Å². The minimum atomic E-state index is -3.15. The molecule has 1 amide bonds. The molecule has 1 fully saturated rings. The van der Waals surface area contributed by atoms with E-state index in [1.807, 2.05) is 39.0 Å². The van der Waals surface area contributed by atoms with Gasteiger partial charge in [-0.1, -0.05) is 19.1 Å². The van der Waals surface area contributed by atoms with Crippen molar-refractivity contribution in [2.24, 2.45) is 5.92 Å². The van der Waals surface area contributed by atoms with E-state index in [2.05, 4.69) is 5.32 Å². The zero-order chi connectivity index (χ0) is 17.0. The van der Waals surface area contributed by atoms with Crippen molar-refractivity contribution >= 4 is 21.6 Å². The third-order valence-corrected chi connectivity index (χ3v) is 6.62. The molecule has 128 valence electrons. The second-order valence-corrected chi connectivity index (χ2v) is 8.31. The van der Waals surface area contributed by atoms with Crippen molar-refractivity contribution in [1.29, 1.82) is 0 Å². The molecule has 1 aromatic rings. The van der Waals surface area contributed by atoms with Crippen LogP contribution >= 0.6 is 0 Å². The van der Waals surface area contributed by atoms with Gasteiger partial charge < -0.3 is 5.32 Å². The molecule has 5 nitrogen and oxygen atoms in total. The van der Waals surface area contributed by atoms with E-state index in [1.54, 1.807) is 0 Å². The monoisotopic (exact) mass is 338 g/mol. The Labute approximate surface area is 139 Å². The number of amides is 1. The summed E-state index contributed by atoms with van der Waals surface area (Å²) in [7, 11) is -3.15. The molecule has 23 heavy (non-hydrogen) atoms. The Morgan fingerprint density at radius 1 is 1.26 bits per heavy atom. The number of hydrogen-bond acceptors (Lipinski definition) is 3. The Kier molecular flexibility index (Phi) is 5.81. The average molecular weight is 338 g/mol. The first-order valence-electron chi connectivity index (χ1n) is 8.20. The molecule has 0 aromatic heterocycles. The maximum Gasteiger partial charge on any atom is 0.227 e. The van der Waals surface area contributed by atoms with Crippen molar-refractivity contribution < 1.29 is 13.2 Å². The first-order valence-corrected chi connectivity index (χ1v) is 9.81. The SMILES string of the molecule is CCCS(=O)(=O)N1CCC(C(=O)Nc2cccc(C)c2C)CC1. The number of nitrogens with one attached hydrogen (secondary N) is 1. The van der Waals surface area contributed by atoms with E-state index in [0.29, 0.717) is 32.4 Å². The number of sulfonamides is 1. The van der Waals surface area contributed by atoms with Crippen molar-refractivity contribution in [2.45, 2.75) is 40.0 Å². The highest BCUT2D eigenvalue weighted by Gasteiger charge is 2.30. The van der Waals surface area contributed by atoms with Gasteiger partial charge in [0.25, 0.3) is 0 Å². The van der Waals surface area contributed by atoms with Gasteiger partial charge in [-0.15, -0.1) is 0 Å². The van der Waals surface area contributed by atoms with E-state index in [9.17, 15) is 13.2 Å². The summed E-state index contributed by atoms with van der Waals surface area (Å²) in [6, 6.07) is 5.85. The molecule has 1 aliphatic heterocycles. The first-order chi connectivity index (χ1) is 10.8. The van der Waals surface area contributed by atoms with Crippen LogP contribution in [0.3, 0.4) is 0 Å². The summed E-state index contributed by atoms with van der Waals surface area (Å²) < 4.78 is 25.6. The second-order valence-electron chi connectivity index (χ2n) is 6.23. The van der Waals surface area contributed by atoms with Crippen LogP contribution in [-0.2, 0) is 14.8 Å². The van der Waals surface area contributed by atoms with Crippen molar-refractivity contribution in [2.75, 3.05) is 24.2 Å². The molecule has 6 heteroatoms. The van der Waals surface area contributed by atoms with E-state index >= 15 is 0 Å². The van der Waals surface area contributed by atoms with Crippen LogP contribution < -0.4 is 5.32 Å². The average Bonchev–Trinajstić information content (AvgIpc) is 2.52. The molecular formula is C17H26N2O3S. The molecule has 1 heterocycles. The van der Waals surface area contributed by atoms with Gasteiger partial charge in [0, 0.05) is 24.7 Å². The molecule has 1 aromatic carbocycles. The fourth-order valence-corrected chi connectivity index (χ4v) is 4.45. The number of rotatable bonds is 5. The smallest absolute Gasteiger partial charge is 0.227 e. The highest BCUT2D eigenvalue weighted by atomic mass is 32.2. The molecule has 0 bridgehead atoms. The molecule has 0 saturated carbocycles. The van der Waals surface area contributed by atoms with Crippen LogP contribution in [-0.4, -0.2) is 37.5 Å². The summed E-state index contributed by atoms with van der Waals surface area (Å²) in [5, 5.41) is 2.99. The first kappa shape index (κ1) is 17.9. The number of hydrogen-bond donors (Lipinski definition) is 1. The van der Waals surface area contributed by atoms with Crippen molar-refractivity contribution in [3.8, 4) is 0 Å². The number of nitrogens with zero attached hydrogens (tertiary/aromatic N) is 1. The zero-order valence-electron chi connectivity index (χ0n) is 14.1. The highest BCUT2D eigenvalue weighted by molar-refractivity contribution is 7.89. The number of carbonyl (C=O) groups excluding carboxylic acids is 1. The third kappa shape index (κ3) is 4.32. The highest BCUT2D eigenvalue weighted by Crippen LogP contribution is 2.24. The summed E-state index contributed by atoms with van der Waals surface area (Å²) in [5.74, 6) is 0.0565. The normalized spacial score (nSPS) is 17.2. The van der Waals surface area contributed by atoms with E-state index < -0.39 is 10.0 Å². The molecule has 0 radical (unpaired) electrons. The van der Waals surface area contributed by atoms with Crippen LogP contribution in [0, 0.1) is 19.8 Å². The van der Waals surface area contributed by atoms with Crippen LogP contribution in [0.2, 0.25) is 0 Å². The van der Waals surface area contributed by atoms with Gasteiger partial charge in [0.05, 0.1) is 5.75 Å². The summed E-state index contributed by atoms with van der Waals surface area (Å²) in [6.07, 6.45) is 1.79. The summed E-state index contributed by atoms with van der Waals surface area (Å²) in [6.45, 7) is 6.75. The molecular weight excluding hydrogens is 312 g/mol. The lowest BCUT2D eigenvalue weighted by Crippen LogP contribution is -2.42. The lowest BCUT2D eigenvalue weighted by atomic mass is 9.97. The van der Waals surface area contributed by atoms with Gasteiger partial charge >= 0.3 is 0 Å². The minimum absolute atomic E-state index is 0.00811. The predicted molar refractivity (Wildman–Crippen MR) is 92.9 cm³/mol. The lowest BCUT2D eigenvalue weighted by molar-refractivity contribution is -0.120. The standard InChI is InChI=1S/C17H26N2O3S/c1-4-12-23(21,22)19-10-8-15(9-11-19)17(20)18-16-7-5-6-13(2)14(16)3/h5-7,15H,4,8-12H2,1-3H3,(H,18,20). The lowest BCUT2D eigenvalue weighted by Gasteiger charge is -2.30. The molecule has 0 atom stereocenters. The predicted octanol–water partition coefficient (Wildman–Crippen LogP) is 2.69. The largest absolute Gasteiger partial charge is 0.326 e. The number of anilines is 1. The molecule has 0 spiro atoms. The fraction of sp³-hybridized carbons (Fsp3) is 0.588. The van der Waals surface area contributed by atoms with Crippen molar-refractivity contribution in [3.05, 3.63) is 29.3 Å². The van der Waals surface area contributed by atoms with Gasteiger partial charge in [0.2, 0.25) is 15.9 Å². The van der Waals surface area contributed by atoms with Crippen LogP contribution in [0.1, 0.15) is 37.3 Å². The summed E-state index contributed by atoms with van der Waals surface area (Å²) >= 11 is 0. The Balaban J connectivity index is 1.95. The number of carbonyl (C=O) groups is 1. The van der Waals surface area contributed by atoms with Gasteiger partial charge in [-0.2, -0.15) is 0 Å². The van der Waals surface area contributed by atoms with E-state index in [-0.39, 0.29) is 17.6 Å². The van der Waals surface area contributed by atoms with Crippen molar-refractivity contribution in [1.82, 2.24) is 4.31 Å². The molecule has 0 unspecified atom stereocenters. The fourth-order valence-electron chi connectivity index (χ4n) is 2.90. The van der Waals surface area contributed by atoms with Gasteiger partial charge in [-0.25, -0.2) is 12.7 Å². The molecule has 1 aliphatic rings. The maximum atomic E-state index is 12.4. The zero-order valence-corrected chi connectivity index (χ0v) is 14.9. The number of benzene rings is 1. The number of aryl methyl sites for hydroxylation is 1. The van der Waals surface area contributed by atoms with Gasteiger partial charge in [-0.3, -0.25) is 4.79 Å². The number of piperidine rings is 1. The Hall–Kier alpha value is -1.40. The second kappa shape index (κ2) is 7.45. The van der Waals surface area contributed by atoms with Gasteiger partial charge in [0.15, 0.2) is 0 Å². The minimum Gasteiger partial charge on any atom is -0.326 e.